The maximum absolute atomic E-state index is 12.6. The Balaban J connectivity index is 1.71. The van der Waals surface area contributed by atoms with Crippen LogP contribution in [0.15, 0.2) is 45.6 Å². The van der Waals surface area contributed by atoms with Crippen LogP contribution in [0.3, 0.4) is 0 Å². The molecule has 1 heterocycles. The molecule has 3 rings (SSSR count). The van der Waals surface area contributed by atoms with E-state index in [1.54, 1.807) is 18.2 Å². The first-order valence-electron chi connectivity index (χ1n) is 9.34. The Morgan fingerprint density at radius 1 is 0.840 bits per heavy atom. The van der Waals surface area contributed by atoms with Gasteiger partial charge in [0.2, 0.25) is 5.43 Å². The van der Waals surface area contributed by atoms with Gasteiger partial charge in [-0.2, -0.15) is 0 Å². The van der Waals surface area contributed by atoms with Crippen molar-refractivity contribution in [3.8, 4) is 0 Å². The van der Waals surface area contributed by atoms with E-state index in [0.29, 0.717) is 27.0 Å². The van der Waals surface area contributed by atoms with E-state index in [1.807, 2.05) is 18.2 Å². The Kier molecular flexibility index (Phi) is 6.14. The van der Waals surface area contributed by atoms with Gasteiger partial charge in [-0.1, -0.05) is 63.1 Å². The summed E-state index contributed by atoms with van der Waals surface area (Å²) in [4.78, 5) is 12.6. The van der Waals surface area contributed by atoms with E-state index in [0.717, 1.165) is 6.42 Å². The minimum atomic E-state index is -0.0128. The van der Waals surface area contributed by atoms with Crippen molar-refractivity contribution in [3.05, 3.63) is 57.2 Å². The molecule has 0 aliphatic heterocycles. The van der Waals surface area contributed by atoms with Crippen LogP contribution in [-0.2, 0) is 6.42 Å². The van der Waals surface area contributed by atoms with Crippen molar-refractivity contribution in [1.29, 1.82) is 0 Å². The molecule has 0 saturated carbocycles. The molecule has 0 aliphatic carbocycles. The molecule has 2 aromatic carbocycles. The number of unbranched alkanes of at least 4 members (excludes halogenated alkanes) is 6. The van der Waals surface area contributed by atoms with Crippen molar-refractivity contribution in [2.75, 3.05) is 0 Å². The molecule has 0 N–H and O–H groups in total. The summed E-state index contributed by atoms with van der Waals surface area (Å²) >= 11 is 6.00. The van der Waals surface area contributed by atoms with Crippen LogP contribution in [0.2, 0.25) is 5.02 Å². The predicted molar refractivity (Wildman–Crippen MR) is 107 cm³/mol. The molecule has 132 valence electrons. The molecule has 0 atom stereocenters. The van der Waals surface area contributed by atoms with E-state index in [1.165, 1.54) is 50.5 Å². The Labute approximate surface area is 153 Å². The van der Waals surface area contributed by atoms with Gasteiger partial charge < -0.3 is 4.42 Å². The van der Waals surface area contributed by atoms with Crippen LogP contribution in [0, 0.1) is 0 Å². The fourth-order valence-electron chi connectivity index (χ4n) is 3.31. The smallest absolute Gasteiger partial charge is 0.200 e. The van der Waals surface area contributed by atoms with E-state index in [-0.39, 0.29) is 5.43 Å². The quantitative estimate of drug-likeness (QED) is 0.325. The molecule has 0 radical (unpaired) electrons. The zero-order valence-electron chi connectivity index (χ0n) is 14.8. The van der Waals surface area contributed by atoms with E-state index in [2.05, 4.69) is 6.92 Å². The first kappa shape index (κ1) is 18.0. The molecule has 2 nitrogen and oxygen atoms in total. The first-order valence-corrected chi connectivity index (χ1v) is 9.72. The third-order valence-corrected chi connectivity index (χ3v) is 5.00. The summed E-state index contributed by atoms with van der Waals surface area (Å²) in [6, 6.07) is 11.1. The van der Waals surface area contributed by atoms with Crippen molar-refractivity contribution >= 4 is 33.5 Å². The van der Waals surface area contributed by atoms with E-state index >= 15 is 0 Å². The molecular weight excluding hydrogens is 332 g/mol. The fourth-order valence-corrected chi connectivity index (χ4v) is 3.48. The number of halogens is 1. The van der Waals surface area contributed by atoms with Gasteiger partial charge in [0.05, 0.1) is 10.8 Å². The number of hydrogen-bond acceptors (Lipinski definition) is 2. The van der Waals surface area contributed by atoms with Crippen LogP contribution in [0.1, 0.15) is 57.4 Å². The van der Waals surface area contributed by atoms with Crippen LogP contribution in [0.4, 0.5) is 0 Å². The highest BCUT2D eigenvalue weighted by Crippen LogP contribution is 2.23. The maximum atomic E-state index is 12.6. The number of aryl methyl sites for hydroxylation is 1. The second-order valence-electron chi connectivity index (χ2n) is 6.77. The number of fused-ring (bicyclic) bond motifs is 2. The van der Waals surface area contributed by atoms with Gasteiger partial charge in [0, 0.05) is 5.02 Å². The summed E-state index contributed by atoms with van der Waals surface area (Å²) in [5, 5.41) is 1.72. The second kappa shape index (κ2) is 8.53. The van der Waals surface area contributed by atoms with Crippen molar-refractivity contribution in [1.82, 2.24) is 0 Å². The standard InChI is InChI=1S/C22H25ClO2/c1-2-3-4-5-6-7-8-9-16-10-12-18-21(14-16)25-20-13-11-17(23)15-19(20)22(18)24/h10-15H,2-9H2,1H3. The van der Waals surface area contributed by atoms with Gasteiger partial charge in [-0.3, -0.25) is 4.79 Å². The van der Waals surface area contributed by atoms with E-state index in [4.69, 9.17) is 16.0 Å². The van der Waals surface area contributed by atoms with Crippen LogP contribution in [0.5, 0.6) is 0 Å². The van der Waals surface area contributed by atoms with Crippen molar-refractivity contribution in [2.24, 2.45) is 0 Å². The fraction of sp³-hybridized carbons (Fsp3) is 0.409. The average molecular weight is 357 g/mol. The molecule has 0 aliphatic rings. The van der Waals surface area contributed by atoms with Crippen molar-refractivity contribution in [3.63, 3.8) is 0 Å². The Bertz CT molecular complexity index is 911. The summed E-state index contributed by atoms with van der Waals surface area (Å²) < 4.78 is 5.94. The topological polar surface area (TPSA) is 30.2 Å². The van der Waals surface area contributed by atoms with Crippen LogP contribution >= 0.6 is 11.6 Å². The summed E-state index contributed by atoms with van der Waals surface area (Å²) in [5.74, 6) is 0. The van der Waals surface area contributed by atoms with Gasteiger partial charge in [-0.05, 0) is 48.7 Å². The predicted octanol–water partition coefficient (Wildman–Crippen LogP) is 6.89. The van der Waals surface area contributed by atoms with Gasteiger partial charge in [-0.25, -0.2) is 0 Å². The Morgan fingerprint density at radius 3 is 2.40 bits per heavy atom. The molecular formula is C22H25ClO2. The monoisotopic (exact) mass is 356 g/mol. The highest BCUT2D eigenvalue weighted by molar-refractivity contribution is 6.31. The highest BCUT2D eigenvalue weighted by Gasteiger charge is 2.09. The summed E-state index contributed by atoms with van der Waals surface area (Å²) in [6.45, 7) is 2.25. The van der Waals surface area contributed by atoms with Gasteiger partial charge in [0.15, 0.2) is 0 Å². The SMILES string of the molecule is CCCCCCCCCc1ccc2c(=O)c3cc(Cl)ccc3oc2c1. The Morgan fingerprint density at radius 2 is 1.60 bits per heavy atom. The molecule has 25 heavy (non-hydrogen) atoms. The normalized spacial score (nSPS) is 11.4. The largest absolute Gasteiger partial charge is 0.456 e. The van der Waals surface area contributed by atoms with E-state index < -0.39 is 0 Å². The van der Waals surface area contributed by atoms with Gasteiger partial charge in [0.1, 0.15) is 11.2 Å². The lowest BCUT2D eigenvalue weighted by Crippen LogP contribution is -2.02. The number of rotatable bonds is 8. The van der Waals surface area contributed by atoms with Crippen LogP contribution in [-0.4, -0.2) is 0 Å². The molecule has 3 heteroatoms. The van der Waals surface area contributed by atoms with Crippen LogP contribution < -0.4 is 5.43 Å². The average Bonchev–Trinajstić information content (AvgIpc) is 2.62. The minimum Gasteiger partial charge on any atom is -0.456 e. The molecule has 0 bridgehead atoms. The molecule has 0 fully saturated rings. The highest BCUT2D eigenvalue weighted by atomic mass is 35.5. The first-order chi connectivity index (χ1) is 12.2. The number of benzene rings is 2. The summed E-state index contributed by atoms with van der Waals surface area (Å²) in [5.41, 5.74) is 2.48. The summed E-state index contributed by atoms with van der Waals surface area (Å²) in [6.07, 6.45) is 10.1. The molecule has 0 amide bonds. The van der Waals surface area contributed by atoms with Gasteiger partial charge in [-0.15, -0.1) is 0 Å². The minimum absolute atomic E-state index is 0.0128. The van der Waals surface area contributed by atoms with Gasteiger partial charge in [0.25, 0.3) is 0 Å². The van der Waals surface area contributed by atoms with Gasteiger partial charge >= 0.3 is 0 Å². The maximum Gasteiger partial charge on any atom is 0.200 e. The third-order valence-electron chi connectivity index (χ3n) is 4.77. The van der Waals surface area contributed by atoms with Crippen molar-refractivity contribution < 1.29 is 4.42 Å². The molecule has 0 unspecified atom stereocenters. The lowest BCUT2D eigenvalue weighted by Gasteiger charge is -2.05. The zero-order chi connectivity index (χ0) is 17.6. The zero-order valence-corrected chi connectivity index (χ0v) is 15.6. The molecule has 1 aromatic heterocycles. The summed E-state index contributed by atoms with van der Waals surface area (Å²) in [7, 11) is 0. The van der Waals surface area contributed by atoms with Crippen LogP contribution in [0.25, 0.3) is 21.9 Å². The van der Waals surface area contributed by atoms with Crippen molar-refractivity contribution in [2.45, 2.75) is 58.3 Å². The lowest BCUT2D eigenvalue weighted by atomic mass is 10.0. The molecule has 0 spiro atoms. The molecule has 3 aromatic rings. The molecule has 0 saturated heterocycles. The second-order valence-corrected chi connectivity index (χ2v) is 7.21. The lowest BCUT2D eigenvalue weighted by molar-refractivity contribution is 0.589. The third kappa shape index (κ3) is 4.43. The number of hydrogen-bond donors (Lipinski definition) is 0. The Hall–Kier alpha value is -1.80. The van der Waals surface area contributed by atoms with E-state index in [9.17, 15) is 4.79 Å².